The van der Waals surface area contributed by atoms with Crippen LogP contribution in [0, 0.1) is 0 Å². The number of morpholine rings is 1. The van der Waals surface area contributed by atoms with E-state index in [0.29, 0.717) is 32.7 Å². The fourth-order valence-corrected chi connectivity index (χ4v) is 3.21. The van der Waals surface area contributed by atoms with Crippen LogP contribution in [0.1, 0.15) is 25.0 Å². The fraction of sp³-hybridized carbons (Fsp3) is 0.647. The Labute approximate surface area is 141 Å². The predicted molar refractivity (Wildman–Crippen MR) is 87.2 cm³/mol. The molecule has 0 unspecified atom stereocenters. The van der Waals surface area contributed by atoms with Crippen molar-refractivity contribution in [1.82, 2.24) is 15.1 Å². The number of likely N-dealkylation sites (tertiary alicyclic amines) is 1. The minimum atomic E-state index is -0.500. The number of carbonyl (C=O) groups excluding carboxylic acids is 2. The average Bonchev–Trinajstić information content (AvgIpc) is 3.28. The van der Waals surface area contributed by atoms with Gasteiger partial charge in [-0.25, -0.2) is 0 Å². The Hall–Kier alpha value is -1.86. The molecule has 24 heavy (non-hydrogen) atoms. The summed E-state index contributed by atoms with van der Waals surface area (Å²) in [5.41, 5.74) is 0. The molecule has 2 amide bonds. The molecule has 0 bridgehead atoms. The summed E-state index contributed by atoms with van der Waals surface area (Å²) in [5, 5.41) is 2.72. The predicted octanol–water partition coefficient (Wildman–Crippen LogP) is 0.609. The highest BCUT2D eigenvalue weighted by Gasteiger charge is 2.25. The summed E-state index contributed by atoms with van der Waals surface area (Å²) in [5.74, 6) is 0.0387. The first-order valence-electron chi connectivity index (χ1n) is 8.66. The van der Waals surface area contributed by atoms with Crippen molar-refractivity contribution in [3.8, 4) is 0 Å². The summed E-state index contributed by atoms with van der Waals surface area (Å²) < 4.78 is 11.1. The molecule has 1 aromatic rings. The normalized spacial score (nSPS) is 21.8. The maximum absolute atomic E-state index is 11.9. The van der Waals surface area contributed by atoms with Crippen molar-refractivity contribution in [3.63, 3.8) is 0 Å². The molecule has 3 rings (SSSR count). The van der Waals surface area contributed by atoms with Gasteiger partial charge in [-0.15, -0.1) is 0 Å². The van der Waals surface area contributed by atoms with Crippen molar-refractivity contribution in [2.24, 2.45) is 0 Å². The van der Waals surface area contributed by atoms with Crippen molar-refractivity contribution in [3.05, 3.63) is 24.2 Å². The van der Waals surface area contributed by atoms with Crippen LogP contribution in [0.25, 0.3) is 0 Å². The third-order valence-corrected chi connectivity index (χ3v) is 4.52. The number of amides is 2. The van der Waals surface area contributed by atoms with E-state index in [1.54, 1.807) is 11.2 Å². The molecule has 132 valence electrons. The molecule has 2 fully saturated rings. The average molecular weight is 335 g/mol. The van der Waals surface area contributed by atoms with Crippen molar-refractivity contribution in [1.29, 1.82) is 0 Å². The minimum absolute atomic E-state index is 0.0656. The quantitative estimate of drug-likeness (QED) is 0.798. The summed E-state index contributed by atoms with van der Waals surface area (Å²) in [7, 11) is 0. The molecule has 0 aliphatic carbocycles. The zero-order valence-electron chi connectivity index (χ0n) is 13.9. The van der Waals surface area contributed by atoms with Crippen LogP contribution in [0.4, 0.5) is 0 Å². The van der Waals surface area contributed by atoms with Gasteiger partial charge in [0.15, 0.2) is 0 Å². The van der Waals surface area contributed by atoms with E-state index in [1.165, 1.54) is 0 Å². The highest BCUT2D eigenvalue weighted by molar-refractivity contribution is 6.35. The van der Waals surface area contributed by atoms with Gasteiger partial charge < -0.3 is 19.4 Å². The summed E-state index contributed by atoms with van der Waals surface area (Å²) in [6, 6.07) is 3.86. The molecule has 2 saturated heterocycles. The number of carbonyl (C=O) groups is 2. The summed E-state index contributed by atoms with van der Waals surface area (Å²) in [4.78, 5) is 27.7. The van der Waals surface area contributed by atoms with Crippen LogP contribution in [-0.4, -0.2) is 67.0 Å². The van der Waals surface area contributed by atoms with E-state index in [0.717, 1.165) is 38.2 Å². The molecule has 0 spiro atoms. The zero-order valence-corrected chi connectivity index (χ0v) is 13.9. The summed E-state index contributed by atoms with van der Waals surface area (Å²) in [6.45, 7) is 4.96. The van der Waals surface area contributed by atoms with Gasteiger partial charge in [-0.05, 0) is 31.4 Å². The molecular weight excluding hydrogens is 310 g/mol. The van der Waals surface area contributed by atoms with Crippen molar-refractivity contribution in [2.75, 3.05) is 39.3 Å². The molecule has 1 aromatic heterocycles. The lowest BCUT2D eigenvalue weighted by molar-refractivity contribution is -0.145. The van der Waals surface area contributed by atoms with Crippen molar-refractivity contribution < 1.29 is 18.7 Å². The number of nitrogens with one attached hydrogen (secondary N) is 1. The maximum atomic E-state index is 11.9. The van der Waals surface area contributed by atoms with E-state index >= 15 is 0 Å². The third kappa shape index (κ3) is 4.58. The Morgan fingerprint density at radius 2 is 2.08 bits per heavy atom. The molecule has 3 heterocycles. The van der Waals surface area contributed by atoms with Gasteiger partial charge in [0.1, 0.15) is 5.76 Å². The molecule has 2 aliphatic heterocycles. The topological polar surface area (TPSA) is 75.0 Å². The van der Waals surface area contributed by atoms with Gasteiger partial charge in [0.2, 0.25) is 0 Å². The van der Waals surface area contributed by atoms with Gasteiger partial charge >= 0.3 is 11.8 Å². The van der Waals surface area contributed by atoms with E-state index in [-0.39, 0.29) is 6.10 Å². The molecule has 7 heteroatoms. The molecule has 0 saturated carbocycles. The molecular formula is C17H25N3O4. The number of hydrogen-bond acceptors (Lipinski definition) is 5. The van der Waals surface area contributed by atoms with Gasteiger partial charge in [0.25, 0.3) is 0 Å². The van der Waals surface area contributed by atoms with E-state index in [1.807, 2.05) is 12.1 Å². The second-order valence-corrected chi connectivity index (χ2v) is 6.35. The van der Waals surface area contributed by atoms with Gasteiger partial charge in [-0.3, -0.25) is 14.5 Å². The Bertz CT molecular complexity index is 540. The highest BCUT2D eigenvalue weighted by atomic mass is 16.5. The van der Waals surface area contributed by atoms with Crippen LogP contribution in [0.2, 0.25) is 0 Å². The second kappa shape index (κ2) is 8.30. The largest absolute Gasteiger partial charge is 0.468 e. The van der Waals surface area contributed by atoms with Gasteiger partial charge in [-0.1, -0.05) is 0 Å². The lowest BCUT2D eigenvalue weighted by Gasteiger charge is -2.32. The first-order chi connectivity index (χ1) is 11.7. The number of rotatable bonds is 5. The Morgan fingerprint density at radius 3 is 2.83 bits per heavy atom. The van der Waals surface area contributed by atoms with Crippen LogP contribution in [-0.2, 0) is 20.9 Å². The molecule has 2 aliphatic rings. The van der Waals surface area contributed by atoms with E-state index in [4.69, 9.17) is 9.15 Å². The number of furan rings is 1. The summed E-state index contributed by atoms with van der Waals surface area (Å²) in [6.07, 6.45) is 4.42. The van der Waals surface area contributed by atoms with Crippen LogP contribution in [0.3, 0.4) is 0 Å². The highest BCUT2D eigenvalue weighted by Crippen LogP contribution is 2.13. The van der Waals surface area contributed by atoms with E-state index in [2.05, 4.69) is 10.2 Å². The monoisotopic (exact) mass is 335 g/mol. The SMILES string of the molecule is O=C(NCC[C@@H]1CN(Cc2ccco2)CCO1)C(=O)N1CCCC1. The number of ether oxygens (including phenoxy) is 1. The Morgan fingerprint density at radius 1 is 1.25 bits per heavy atom. The van der Waals surface area contributed by atoms with E-state index < -0.39 is 11.8 Å². The smallest absolute Gasteiger partial charge is 0.311 e. The maximum Gasteiger partial charge on any atom is 0.311 e. The Balaban J connectivity index is 1.36. The molecule has 0 radical (unpaired) electrons. The lowest BCUT2D eigenvalue weighted by atomic mass is 10.2. The zero-order chi connectivity index (χ0) is 16.8. The third-order valence-electron chi connectivity index (χ3n) is 4.52. The molecule has 1 atom stereocenters. The summed E-state index contributed by atoms with van der Waals surface area (Å²) >= 11 is 0. The van der Waals surface area contributed by atoms with Crippen molar-refractivity contribution in [2.45, 2.75) is 31.9 Å². The van der Waals surface area contributed by atoms with Gasteiger partial charge in [0.05, 0.1) is 25.5 Å². The molecule has 0 aromatic carbocycles. The first kappa shape index (κ1) is 17.0. The van der Waals surface area contributed by atoms with Crippen LogP contribution < -0.4 is 5.32 Å². The standard InChI is InChI=1S/C17H25N3O4/c21-16(17(22)20-7-1-2-8-20)18-6-5-15-13-19(9-11-24-15)12-14-4-3-10-23-14/h3-4,10,15H,1-2,5-9,11-13H2,(H,18,21)/t15-/m1/s1. The second-order valence-electron chi connectivity index (χ2n) is 6.35. The van der Waals surface area contributed by atoms with Gasteiger partial charge in [-0.2, -0.15) is 0 Å². The van der Waals surface area contributed by atoms with Crippen LogP contribution in [0.5, 0.6) is 0 Å². The van der Waals surface area contributed by atoms with E-state index in [9.17, 15) is 9.59 Å². The Kier molecular flexibility index (Phi) is 5.87. The minimum Gasteiger partial charge on any atom is -0.468 e. The lowest BCUT2D eigenvalue weighted by Crippen LogP contribution is -2.45. The fourth-order valence-electron chi connectivity index (χ4n) is 3.21. The number of hydrogen-bond donors (Lipinski definition) is 1. The number of nitrogens with zero attached hydrogens (tertiary/aromatic N) is 2. The first-order valence-corrected chi connectivity index (χ1v) is 8.66. The van der Waals surface area contributed by atoms with Crippen molar-refractivity contribution >= 4 is 11.8 Å². The molecule has 7 nitrogen and oxygen atoms in total. The van der Waals surface area contributed by atoms with Crippen LogP contribution in [0.15, 0.2) is 22.8 Å². The van der Waals surface area contributed by atoms with Crippen LogP contribution >= 0.6 is 0 Å². The van der Waals surface area contributed by atoms with Gasteiger partial charge in [0, 0.05) is 32.7 Å². The molecule has 1 N–H and O–H groups in total.